The van der Waals surface area contributed by atoms with Gasteiger partial charge in [0, 0.05) is 19.2 Å². The minimum absolute atomic E-state index is 0.0211. The van der Waals surface area contributed by atoms with Gasteiger partial charge in [0.15, 0.2) is 5.88 Å². The minimum Gasteiger partial charge on any atom is -0.475 e. The maximum absolute atomic E-state index is 10.8. The van der Waals surface area contributed by atoms with Crippen LogP contribution >= 0.6 is 0 Å². The van der Waals surface area contributed by atoms with Crippen LogP contribution in [0, 0.1) is 5.41 Å². The number of carbonyl (C=O) groups is 1. The van der Waals surface area contributed by atoms with Crippen molar-refractivity contribution in [2.24, 2.45) is 5.41 Å². The fraction of sp³-hybridized carbons (Fsp3) is 0.643. The normalized spacial score (nSPS) is 18.9. The van der Waals surface area contributed by atoms with Crippen molar-refractivity contribution in [1.82, 2.24) is 0 Å². The van der Waals surface area contributed by atoms with Crippen LogP contribution in [0.2, 0.25) is 0 Å². The molecule has 0 aromatic carbocycles. The van der Waals surface area contributed by atoms with Crippen LogP contribution in [0.25, 0.3) is 0 Å². The summed E-state index contributed by atoms with van der Waals surface area (Å²) in [5.41, 5.74) is 0.471. The van der Waals surface area contributed by atoms with Crippen molar-refractivity contribution < 1.29 is 14.3 Å². The molecule has 1 aromatic rings. The molecule has 18 heavy (non-hydrogen) atoms. The van der Waals surface area contributed by atoms with E-state index in [2.05, 4.69) is 18.7 Å². The molecule has 0 spiro atoms. The van der Waals surface area contributed by atoms with Crippen LogP contribution < -0.4 is 4.90 Å². The molecular formula is C14H21NO3. The van der Waals surface area contributed by atoms with Crippen molar-refractivity contribution in [3.05, 3.63) is 17.9 Å². The van der Waals surface area contributed by atoms with Gasteiger partial charge in [-0.2, -0.15) is 0 Å². The lowest BCUT2D eigenvalue weighted by Gasteiger charge is -2.40. The molecule has 0 amide bonds. The number of carboxylic acids is 1. The Hall–Kier alpha value is -1.45. The van der Waals surface area contributed by atoms with Crippen LogP contribution in [0.4, 0.5) is 5.88 Å². The molecule has 2 heterocycles. The lowest BCUT2D eigenvalue weighted by Crippen LogP contribution is -2.39. The first-order valence-corrected chi connectivity index (χ1v) is 6.68. The Morgan fingerprint density at radius 2 is 1.94 bits per heavy atom. The molecule has 0 atom stereocenters. The lowest BCUT2D eigenvalue weighted by molar-refractivity contribution is 0.0662. The third-order valence-electron chi connectivity index (χ3n) is 4.44. The highest BCUT2D eigenvalue weighted by molar-refractivity contribution is 5.84. The highest BCUT2D eigenvalue weighted by Crippen LogP contribution is 2.39. The van der Waals surface area contributed by atoms with E-state index < -0.39 is 5.97 Å². The monoisotopic (exact) mass is 251 g/mol. The van der Waals surface area contributed by atoms with Crippen LogP contribution in [0.3, 0.4) is 0 Å². The number of carboxylic acid groups (broad SMARTS) is 1. The van der Waals surface area contributed by atoms with Gasteiger partial charge in [-0.1, -0.05) is 26.7 Å². The second kappa shape index (κ2) is 5.04. The van der Waals surface area contributed by atoms with Gasteiger partial charge in [0.1, 0.15) is 0 Å². The fourth-order valence-electron chi connectivity index (χ4n) is 2.77. The highest BCUT2D eigenvalue weighted by Gasteiger charge is 2.32. The number of furan rings is 1. The maximum atomic E-state index is 10.8. The summed E-state index contributed by atoms with van der Waals surface area (Å²) < 4.78 is 5.35. The molecule has 0 radical (unpaired) electrons. The predicted molar refractivity (Wildman–Crippen MR) is 70.1 cm³/mol. The van der Waals surface area contributed by atoms with Crippen LogP contribution in [0.5, 0.6) is 0 Å². The molecule has 2 rings (SSSR count). The summed E-state index contributed by atoms with van der Waals surface area (Å²) in [4.78, 5) is 12.9. The molecule has 4 nitrogen and oxygen atoms in total. The van der Waals surface area contributed by atoms with Crippen molar-refractivity contribution in [3.63, 3.8) is 0 Å². The molecule has 4 heteroatoms. The van der Waals surface area contributed by atoms with Crippen molar-refractivity contribution in [3.8, 4) is 0 Å². The molecule has 1 aromatic heterocycles. The molecule has 1 fully saturated rings. The van der Waals surface area contributed by atoms with Gasteiger partial charge in [0.05, 0.1) is 0 Å². The average Bonchev–Trinajstić information content (AvgIpc) is 2.88. The Morgan fingerprint density at radius 1 is 1.33 bits per heavy atom. The summed E-state index contributed by atoms with van der Waals surface area (Å²) in [6.45, 7) is 6.42. The standard InChI is InChI=1S/C14H21NO3/c1-3-14(4-2)7-9-15(10-8-14)12-6-5-11(18-12)13(16)17/h5-6H,3-4,7-10H2,1-2H3,(H,16,17). The molecule has 1 saturated heterocycles. The Kier molecular flexibility index (Phi) is 3.64. The molecule has 1 N–H and O–H groups in total. The molecule has 0 bridgehead atoms. The minimum atomic E-state index is -1.00. The van der Waals surface area contributed by atoms with Crippen LogP contribution in [0.1, 0.15) is 50.1 Å². The van der Waals surface area contributed by atoms with Crippen LogP contribution in [-0.2, 0) is 0 Å². The smallest absolute Gasteiger partial charge is 0.371 e. The molecule has 1 aliphatic rings. The van der Waals surface area contributed by atoms with Gasteiger partial charge < -0.3 is 14.4 Å². The Labute approximate surface area is 108 Å². The van der Waals surface area contributed by atoms with E-state index in [4.69, 9.17) is 9.52 Å². The second-order valence-corrected chi connectivity index (χ2v) is 5.14. The third kappa shape index (κ3) is 2.37. The Bertz CT molecular complexity index is 410. The topological polar surface area (TPSA) is 53.7 Å². The van der Waals surface area contributed by atoms with Gasteiger partial charge in [0.25, 0.3) is 0 Å². The van der Waals surface area contributed by atoms with Gasteiger partial charge in [-0.05, 0) is 24.3 Å². The maximum Gasteiger partial charge on any atom is 0.371 e. The SMILES string of the molecule is CCC1(CC)CCN(c2ccc(C(=O)O)o2)CC1. The number of anilines is 1. The van der Waals surface area contributed by atoms with Crippen LogP contribution in [0.15, 0.2) is 16.5 Å². The number of aromatic carboxylic acids is 1. The van der Waals surface area contributed by atoms with Gasteiger partial charge in [-0.3, -0.25) is 0 Å². The largest absolute Gasteiger partial charge is 0.475 e. The number of hydrogen-bond acceptors (Lipinski definition) is 3. The Balaban J connectivity index is 2.02. The number of nitrogens with zero attached hydrogens (tertiary/aromatic N) is 1. The third-order valence-corrected chi connectivity index (χ3v) is 4.44. The summed E-state index contributed by atoms with van der Waals surface area (Å²) in [6, 6.07) is 3.29. The fourth-order valence-corrected chi connectivity index (χ4v) is 2.77. The van der Waals surface area contributed by atoms with E-state index in [0.717, 1.165) is 25.9 Å². The first-order chi connectivity index (χ1) is 8.60. The zero-order valence-electron chi connectivity index (χ0n) is 11.1. The van der Waals surface area contributed by atoms with Gasteiger partial charge in [0.2, 0.25) is 5.76 Å². The molecule has 0 unspecified atom stereocenters. The van der Waals surface area contributed by atoms with Gasteiger partial charge in [-0.15, -0.1) is 0 Å². The van der Waals surface area contributed by atoms with Crippen molar-refractivity contribution >= 4 is 11.9 Å². The summed E-state index contributed by atoms with van der Waals surface area (Å²) >= 11 is 0. The molecule has 0 saturated carbocycles. The predicted octanol–water partition coefficient (Wildman–Crippen LogP) is 3.38. The first-order valence-electron chi connectivity index (χ1n) is 6.68. The molecule has 0 aliphatic carbocycles. The average molecular weight is 251 g/mol. The zero-order chi connectivity index (χ0) is 13.2. The van der Waals surface area contributed by atoms with Gasteiger partial charge >= 0.3 is 5.97 Å². The summed E-state index contributed by atoms with van der Waals surface area (Å²) in [6.07, 6.45) is 4.75. The van der Waals surface area contributed by atoms with E-state index >= 15 is 0 Å². The summed E-state index contributed by atoms with van der Waals surface area (Å²) in [7, 11) is 0. The van der Waals surface area contributed by atoms with E-state index in [1.54, 1.807) is 6.07 Å². The molecule has 100 valence electrons. The van der Waals surface area contributed by atoms with Crippen molar-refractivity contribution in [2.45, 2.75) is 39.5 Å². The quantitative estimate of drug-likeness (QED) is 0.891. The molecular weight excluding hydrogens is 230 g/mol. The lowest BCUT2D eigenvalue weighted by atomic mass is 9.74. The van der Waals surface area contributed by atoms with Gasteiger partial charge in [-0.25, -0.2) is 4.79 Å². The second-order valence-electron chi connectivity index (χ2n) is 5.14. The zero-order valence-corrected chi connectivity index (χ0v) is 11.1. The number of hydrogen-bond donors (Lipinski definition) is 1. The van der Waals surface area contributed by atoms with E-state index in [9.17, 15) is 4.79 Å². The van der Waals surface area contributed by atoms with Crippen molar-refractivity contribution in [2.75, 3.05) is 18.0 Å². The van der Waals surface area contributed by atoms with Crippen LogP contribution in [-0.4, -0.2) is 24.2 Å². The number of piperidine rings is 1. The van der Waals surface area contributed by atoms with E-state index in [1.807, 2.05) is 0 Å². The van der Waals surface area contributed by atoms with Crippen molar-refractivity contribution in [1.29, 1.82) is 0 Å². The molecule has 1 aliphatic heterocycles. The highest BCUT2D eigenvalue weighted by atomic mass is 16.4. The first kappa shape index (κ1) is 13.0. The Morgan fingerprint density at radius 3 is 2.39 bits per heavy atom. The summed E-state index contributed by atoms with van der Waals surface area (Å²) in [5, 5.41) is 8.84. The van der Waals surface area contributed by atoms with E-state index in [-0.39, 0.29) is 5.76 Å². The summed E-state index contributed by atoms with van der Waals surface area (Å²) in [5.74, 6) is -0.296. The van der Waals surface area contributed by atoms with E-state index in [0.29, 0.717) is 11.3 Å². The van der Waals surface area contributed by atoms with E-state index in [1.165, 1.54) is 18.9 Å². The number of rotatable bonds is 4.